The van der Waals surface area contributed by atoms with Crippen molar-refractivity contribution in [3.05, 3.63) is 59.1 Å². The van der Waals surface area contributed by atoms with Crippen molar-refractivity contribution in [2.24, 2.45) is 7.05 Å². The first-order valence-corrected chi connectivity index (χ1v) is 10.0. The molecule has 0 spiro atoms. The zero-order valence-corrected chi connectivity index (χ0v) is 16.7. The van der Waals surface area contributed by atoms with Gasteiger partial charge in [-0.05, 0) is 49.2 Å². The molecule has 0 saturated carbocycles. The maximum Gasteiger partial charge on any atom is 0.240 e. The van der Waals surface area contributed by atoms with Crippen LogP contribution in [0.2, 0.25) is 5.02 Å². The number of carbonyl (C=O) groups is 1. The lowest BCUT2D eigenvalue weighted by molar-refractivity contribution is -0.117. The fraction of sp³-hybridized carbons (Fsp3) is 0.250. The van der Waals surface area contributed by atoms with Gasteiger partial charge in [0.2, 0.25) is 5.91 Å². The van der Waals surface area contributed by atoms with Gasteiger partial charge in [0.15, 0.2) is 11.0 Å². The van der Waals surface area contributed by atoms with Crippen LogP contribution in [0.15, 0.2) is 53.7 Å². The van der Waals surface area contributed by atoms with Gasteiger partial charge in [0.25, 0.3) is 0 Å². The van der Waals surface area contributed by atoms with Crippen molar-refractivity contribution in [1.82, 2.24) is 14.8 Å². The molecule has 7 heteroatoms. The number of rotatable bonds is 4. The fourth-order valence-corrected chi connectivity index (χ4v) is 4.27. The van der Waals surface area contributed by atoms with Crippen molar-refractivity contribution in [1.29, 1.82) is 0 Å². The van der Waals surface area contributed by atoms with Gasteiger partial charge >= 0.3 is 0 Å². The molecule has 1 aliphatic heterocycles. The summed E-state index contributed by atoms with van der Waals surface area (Å²) in [7, 11) is 1.91. The van der Waals surface area contributed by atoms with Gasteiger partial charge in [-0.15, -0.1) is 10.2 Å². The number of amides is 1. The van der Waals surface area contributed by atoms with E-state index < -0.39 is 0 Å². The molecule has 138 valence electrons. The van der Waals surface area contributed by atoms with Gasteiger partial charge < -0.3 is 9.47 Å². The predicted octanol–water partition coefficient (Wildman–Crippen LogP) is 4.21. The van der Waals surface area contributed by atoms with Crippen LogP contribution < -0.4 is 4.90 Å². The molecule has 1 amide bonds. The number of fused-ring (bicyclic) bond motifs is 1. The molecule has 27 heavy (non-hydrogen) atoms. The molecule has 0 N–H and O–H groups in total. The van der Waals surface area contributed by atoms with E-state index in [9.17, 15) is 4.79 Å². The highest BCUT2D eigenvalue weighted by Crippen LogP contribution is 2.32. The van der Waals surface area contributed by atoms with E-state index in [-0.39, 0.29) is 11.2 Å². The van der Waals surface area contributed by atoms with Crippen molar-refractivity contribution in [2.45, 2.75) is 23.8 Å². The Morgan fingerprint density at radius 2 is 1.89 bits per heavy atom. The minimum Gasteiger partial charge on any atom is -0.311 e. The molecular weight excluding hydrogens is 380 g/mol. The zero-order chi connectivity index (χ0) is 19.0. The first kappa shape index (κ1) is 18.1. The van der Waals surface area contributed by atoms with Gasteiger partial charge in [-0.2, -0.15) is 0 Å². The quantitative estimate of drug-likeness (QED) is 0.618. The Labute approximate surface area is 167 Å². The Morgan fingerprint density at radius 1 is 1.15 bits per heavy atom. The Kier molecular flexibility index (Phi) is 4.93. The number of benzene rings is 2. The lowest BCUT2D eigenvalue weighted by Crippen LogP contribution is -2.35. The maximum atomic E-state index is 13.0. The monoisotopic (exact) mass is 398 g/mol. The summed E-state index contributed by atoms with van der Waals surface area (Å²) in [6.07, 6.45) is 0.907. The van der Waals surface area contributed by atoms with Crippen LogP contribution in [0, 0.1) is 0 Å². The second-order valence-corrected chi connectivity index (χ2v) is 8.25. The van der Waals surface area contributed by atoms with E-state index >= 15 is 0 Å². The number of halogens is 1. The lowest BCUT2D eigenvalue weighted by atomic mass is 10.2. The van der Waals surface area contributed by atoms with Crippen molar-refractivity contribution in [3.8, 4) is 11.4 Å². The molecule has 3 aromatic rings. The van der Waals surface area contributed by atoms with E-state index in [1.807, 2.05) is 65.9 Å². The van der Waals surface area contributed by atoms with Crippen LogP contribution in [-0.4, -0.2) is 32.5 Å². The molecule has 0 fully saturated rings. The Bertz CT molecular complexity index is 986. The Balaban J connectivity index is 1.51. The third-order valence-electron chi connectivity index (χ3n) is 4.72. The van der Waals surface area contributed by atoms with Crippen molar-refractivity contribution < 1.29 is 4.79 Å². The summed E-state index contributed by atoms with van der Waals surface area (Å²) in [5, 5.41) is 9.71. The van der Waals surface area contributed by atoms with Gasteiger partial charge in [-0.3, -0.25) is 4.79 Å². The number of thioether (sulfide) groups is 1. The molecule has 1 atom stereocenters. The highest BCUT2D eigenvalue weighted by atomic mass is 35.5. The number of anilines is 1. The molecular formula is C20H19ClN4OS. The second kappa shape index (κ2) is 7.37. The molecule has 0 bridgehead atoms. The Hall–Kier alpha value is -2.31. The minimum absolute atomic E-state index is 0.0981. The number of para-hydroxylation sites is 1. The molecule has 1 aromatic heterocycles. The SMILES string of the molecule is CC(Sc1nnc(-c2ccc(Cl)cc2)n1C)C(=O)N1CCc2ccccc21. The van der Waals surface area contributed by atoms with Gasteiger partial charge in [-0.25, -0.2) is 0 Å². The van der Waals surface area contributed by atoms with E-state index in [1.54, 1.807) is 0 Å². The van der Waals surface area contributed by atoms with E-state index in [1.165, 1.54) is 17.3 Å². The molecule has 4 rings (SSSR count). The van der Waals surface area contributed by atoms with Crippen LogP contribution >= 0.6 is 23.4 Å². The summed E-state index contributed by atoms with van der Waals surface area (Å²) in [6, 6.07) is 15.6. The highest BCUT2D eigenvalue weighted by Gasteiger charge is 2.29. The molecule has 2 aromatic carbocycles. The fourth-order valence-electron chi connectivity index (χ4n) is 3.26. The smallest absolute Gasteiger partial charge is 0.240 e. The minimum atomic E-state index is -0.253. The van der Waals surface area contributed by atoms with Crippen LogP contribution in [0.3, 0.4) is 0 Å². The first-order chi connectivity index (χ1) is 13.0. The maximum absolute atomic E-state index is 13.0. The van der Waals surface area contributed by atoms with Crippen LogP contribution in [0.1, 0.15) is 12.5 Å². The number of carbonyl (C=O) groups excluding carboxylic acids is 1. The molecule has 0 saturated heterocycles. The van der Waals surface area contributed by atoms with Gasteiger partial charge in [0.05, 0.1) is 5.25 Å². The number of aromatic nitrogens is 3. The topological polar surface area (TPSA) is 51.0 Å². The molecule has 2 heterocycles. The second-order valence-electron chi connectivity index (χ2n) is 6.50. The summed E-state index contributed by atoms with van der Waals surface area (Å²) >= 11 is 7.39. The van der Waals surface area contributed by atoms with Gasteiger partial charge in [0.1, 0.15) is 0 Å². The zero-order valence-electron chi connectivity index (χ0n) is 15.1. The first-order valence-electron chi connectivity index (χ1n) is 8.76. The number of nitrogens with zero attached hydrogens (tertiary/aromatic N) is 4. The number of hydrogen-bond donors (Lipinski definition) is 0. The predicted molar refractivity (Wildman–Crippen MR) is 109 cm³/mol. The standard InChI is InChI=1S/C20H19ClN4OS/c1-13(19(26)25-12-11-14-5-3-4-6-17(14)25)27-20-23-22-18(24(20)2)15-7-9-16(21)10-8-15/h3-10,13H,11-12H2,1-2H3. The third-order valence-corrected chi connectivity index (χ3v) is 6.09. The summed E-state index contributed by atoms with van der Waals surface area (Å²) < 4.78 is 1.91. The normalized spacial score (nSPS) is 14.3. The van der Waals surface area contributed by atoms with Gasteiger partial charge in [0, 0.05) is 29.9 Å². The molecule has 1 aliphatic rings. The molecule has 1 unspecified atom stereocenters. The average molecular weight is 399 g/mol. The summed E-state index contributed by atoms with van der Waals surface area (Å²) in [6.45, 7) is 2.66. The van der Waals surface area contributed by atoms with E-state index in [2.05, 4.69) is 16.3 Å². The lowest BCUT2D eigenvalue weighted by Gasteiger charge is -2.21. The van der Waals surface area contributed by atoms with Crippen LogP contribution in [0.25, 0.3) is 11.4 Å². The average Bonchev–Trinajstić information content (AvgIpc) is 3.26. The summed E-state index contributed by atoms with van der Waals surface area (Å²) in [5.41, 5.74) is 3.19. The summed E-state index contributed by atoms with van der Waals surface area (Å²) in [5.74, 6) is 0.848. The van der Waals surface area contributed by atoms with Gasteiger partial charge in [-0.1, -0.05) is 41.6 Å². The largest absolute Gasteiger partial charge is 0.311 e. The van der Waals surface area contributed by atoms with Crippen LogP contribution in [0.5, 0.6) is 0 Å². The molecule has 5 nitrogen and oxygen atoms in total. The van der Waals surface area contributed by atoms with E-state index in [0.717, 1.165) is 30.0 Å². The third kappa shape index (κ3) is 3.47. The van der Waals surface area contributed by atoms with Crippen molar-refractivity contribution in [2.75, 3.05) is 11.4 Å². The van der Waals surface area contributed by atoms with Crippen molar-refractivity contribution in [3.63, 3.8) is 0 Å². The van der Waals surface area contributed by atoms with Crippen molar-refractivity contribution >= 4 is 35.0 Å². The van der Waals surface area contributed by atoms with E-state index in [0.29, 0.717) is 10.2 Å². The highest BCUT2D eigenvalue weighted by molar-refractivity contribution is 8.00. The molecule has 0 radical (unpaired) electrons. The van der Waals surface area contributed by atoms with Crippen LogP contribution in [0.4, 0.5) is 5.69 Å². The number of hydrogen-bond acceptors (Lipinski definition) is 4. The Morgan fingerprint density at radius 3 is 2.67 bits per heavy atom. The van der Waals surface area contributed by atoms with Crippen LogP contribution in [-0.2, 0) is 18.3 Å². The summed E-state index contributed by atoms with van der Waals surface area (Å²) in [4.78, 5) is 14.8. The molecule has 0 aliphatic carbocycles. The van der Waals surface area contributed by atoms with E-state index in [4.69, 9.17) is 11.6 Å².